The Bertz CT molecular complexity index is 123. The van der Waals surface area contributed by atoms with Gasteiger partial charge in [0.05, 0.1) is 12.2 Å². The molecule has 5 unspecified atom stereocenters. The third-order valence-corrected chi connectivity index (χ3v) is 2.62. The first-order valence-corrected chi connectivity index (χ1v) is 4.05. The van der Waals surface area contributed by atoms with Gasteiger partial charge >= 0.3 is 0 Å². The van der Waals surface area contributed by atoms with Crippen molar-refractivity contribution in [2.24, 2.45) is 11.8 Å². The summed E-state index contributed by atoms with van der Waals surface area (Å²) < 4.78 is 5.18. The van der Waals surface area contributed by atoms with E-state index in [4.69, 9.17) is 4.74 Å². The summed E-state index contributed by atoms with van der Waals surface area (Å²) >= 11 is 0. The molecule has 1 aliphatic rings. The maximum Gasteiger partial charge on any atom is 0.159 e. The summed E-state index contributed by atoms with van der Waals surface area (Å²) in [5.74, 6) is -0.0744. The van der Waals surface area contributed by atoms with E-state index in [-0.39, 0.29) is 17.9 Å². The van der Waals surface area contributed by atoms with E-state index in [1.807, 2.05) is 13.8 Å². The van der Waals surface area contributed by atoms with Crippen LogP contribution in [-0.4, -0.2) is 28.7 Å². The predicted octanol–water partition coefficient (Wildman–Crippen LogP) is 0.357. The van der Waals surface area contributed by atoms with E-state index in [9.17, 15) is 10.2 Å². The van der Waals surface area contributed by atoms with Crippen LogP contribution in [0.3, 0.4) is 0 Å². The molecule has 3 heteroatoms. The summed E-state index contributed by atoms with van der Waals surface area (Å²) in [4.78, 5) is 0. The van der Waals surface area contributed by atoms with Crippen molar-refractivity contribution in [3.63, 3.8) is 0 Å². The van der Waals surface area contributed by atoms with Crippen LogP contribution < -0.4 is 0 Å². The summed E-state index contributed by atoms with van der Waals surface area (Å²) in [5.41, 5.74) is 0. The van der Waals surface area contributed by atoms with Crippen LogP contribution in [0, 0.1) is 11.8 Å². The summed E-state index contributed by atoms with van der Waals surface area (Å²) in [6.45, 7) is 5.58. The number of aliphatic hydroxyl groups excluding tert-OH is 2. The van der Waals surface area contributed by atoms with Crippen LogP contribution in [0.4, 0.5) is 0 Å². The Morgan fingerprint density at radius 2 is 1.55 bits per heavy atom. The molecule has 66 valence electrons. The van der Waals surface area contributed by atoms with E-state index in [1.165, 1.54) is 0 Å². The van der Waals surface area contributed by atoms with Crippen LogP contribution in [0.5, 0.6) is 0 Å². The second-order valence-electron chi connectivity index (χ2n) is 3.44. The average Bonchev–Trinajstić information content (AvgIpc) is 1.97. The van der Waals surface area contributed by atoms with Gasteiger partial charge in [-0.2, -0.15) is 0 Å². The maximum atomic E-state index is 9.55. The monoisotopic (exact) mass is 160 g/mol. The quantitative estimate of drug-likeness (QED) is 0.538. The van der Waals surface area contributed by atoms with Crippen molar-refractivity contribution >= 4 is 0 Å². The lowest BCUT2D eigenvalue weighted by molar-refractivity contribution is -0.236. The minimum atomic E-state index is -0.809. The highest BCUT2D eigenvalue weighted by Gasteiger charge is 2.37. The molecule has 0 spiro atoms. The topological polar surface area (TPSA) is 49.7 Å². The number of aliphatic hydroxyl groups is 2. The fourth-order valence-electron chi connectivity index (χ4n) is 1.39. The Morgan fingerprint density at radius 3 is 2.09 bits per heavy atom. The molecule has 5 atom stereocenters. The molecule has 0 saturated carbocycles. The molecule has 11 heavy (non-hydrogen) atoms. The molecule has 1 rings (SSSR count). The van der Waals surface area contributed by atoms with Crippen LogP contribution in [0.2, 0.25) is 0 Å². The van der Waals surface area contributed by atoms with Crippen LogP contribution in [-0.2, 0) is 4.74 Å². The van der Waals surface area contributed by atoms with Gasteiger partial charge in [0.1, 0.15) is 0 Å². The van der Waals surface area contributed by atoms with Gasteiger partial charge in [-0.15, -0.1) is 0 Å². The smallest absolute Gasteiger partial charge is 0.159 e. The van der Waals surface area contributed by atoms with Crippen molar-refractivity contribution in [3.8, 4) is 0 Å². The molecule has 0 aliphatic carbocycles. The number of ether oxygens (including phenoxy) is 1. The fraction of sp³-hybridized carbons (Fsp3) is 1.00. The molecule has 1 aliphatic heterocycles. The van der Waals surface area contributed by atoms with Gasteiger partial charge in [-0.3, -0.25) is 0 Å². The van der Waals surface area contributed by atoms with Gasteiger partial charge < -0.3 is 14.9 Å². The Kier molecular flexibility index (Phi) is 2.52. The third-order valence-electron chi connectivity index (χ3n) is 2.62. The SMILES string of the molecule is CC1OC(O)C(C)C(O)C1C. The van der Waals surface area contributed by atoms with E-state index in [2.05, 4.69) is 0 Å². The second-order valence-corrected chi connectivity index (χ2v) is 3.44. The van der Waals surface area contributed by atoms with E-state index < -0.39 is 12.4 Å². The molecule has 0 bridgehead atoms. The van der Waals surface area contributed by atoms with Crippen molar-refractivity contribution < 1.29 is 14.9 Å². The van der Waals surface area contributed by atoms with E-state index >= 15 is 0 Å². The van der Waals surface area contributed by atoms with Gasteiger partial charge in [-0.05, 0) is 6.92 Å². The molecular formula is C8H16O3. The normalized spacial score (nSPS) is 52.6. The van der Waals surface area contributed by atoms with Crippen molar-refractivity contribution in [3.05, 3.63) is 0 Å². The van der Waals surface area contributed by atoms with Crippen molar-refractivity contribution in [2.45, 2.75) is 39.3 Å². The van der Waals surface area contributed by atoms with Crippen LogP contribution in [0.1, 0.15) is 20.8 Å². The molecular weight excluding hydrogens is 144 g/mol. The van der Waals surface area contributed by atoms with Crippen molar-refractivity contribution in [1.29, 1.82) is 0 Å². The second kappa shape index (κ2) is 3.09. The number of hydrogen-bond donors (Lipinski definition) is 2. The molecule has 0 amide bonds. The zero-order valence-corrected chi connectivity index (χ0v) is 7.19. The lowest BCUT2D eigenvalue weighted by Gasteiger charge is -2.38. The highest BCUT2D eigenvalue weighted by Crippen LogP contribution is 2.28. The Morgan fingerprint density at radius 1 is 1.00 bits per heavy atom. The largest absolute Gasteiger partial charge is 0.392 e. The van der Waals surface area contributed by atoms with E-state index in [0.717, 1.165) is 0 Å². The lowest BCUT2D eigenvalue weighted by atomic mass is 9.87. The Hall–Kier alpha value is -0.120. The zero-order valence-electron chi connectivity index (χ0n) is 7.19. The van der Waals surface area contributed by atoms with Gasteiger partial charge in [-0.1, -0.05) is 13.8 Å². The predicted molar refractivity (Wildman–Crippen MR) is 40.9 cm³/mol. The van der Waals surface area contributed by atoms with Gasteiger partial charge in [0.15, 0.2) is 6.29 Å². The molecule has 0 aromatic carbocycles. The Labute approximate surface area is 67.0 Å². The van der Waals surface area contributed by atoms with E-state index in [1.54, 1.807) is 6.92 Å². The fourth-order valence-corrected chi connectivity index (χ4v) is 1.39. The van der Waals surface area contributed by atoms with Crippen molar-refractivity contribution in [2.75, 3.05) is 0 Å². The molecule has 1 heterocycles. The molecule has 0 aromatic rings. The zero-order chi connectivity index (χ0) is 8.59. The molecule has 0 aromatic heterocycles. The van der Waals surface area contributed by atoms with Crippen LogP contribution in [0.25, 0.3) is 0 Å². The highest BCUT2D eigenvalue weighted by molar-refractivity contribution is 4.81. The first-order valence-electron chi connectivity index (χ1n) is 4.05. The summed E-state index contributed by atoms with van der Waals surface area (Å²) in [6.07, 6.45) is -1.32. The molecule has 3 nitrogen and oxygen atoms in total. The third kappa shape index (κ3) is 1.55. The van der Waals surface area contributed by atoms with Gasteiger partial charge in [0, 0.05) is 11.8 Å². The first-order chi connectivity index (χ1) is 5.04. The van der Waals surface area contributed by atoms with E-state index in [0.29, 0.717) is 0 Å². The maximum absolute atomic E-state index is 9.55. The Balaban J connectivity index is 2.63. The minimum absolute atomic E-state index is 0.0591. The minimum Gasteiger partial charge on any atom is -0.392 e. The number of hydrogen-bond acceptors (Lipinski definition) is 3. The van der Waals surface area contributed by atoms with Crippen LogP contribution >= 0.6 is 0 Å². The highest BCUT2D eigenvalue weighted by atomic mass is 16.6. The summed E-state index contributed by atoms with van der Waals surface area (Å²) in [6, 6.07) is 0. The summed E-state index contributed by atoms with van der Waals surface area (Å²) in [7, 11) is 0. The number of rotatable bonds is 0. The standard InChI is InChI=1S/C8H16O3/c1-4-6(3)11-8(10)5(2)7(4)9/h4-10H,1-3H3. The van der Waals surface area contributed by atoms with Gasteiger partial charge in [0.25, 0.3) is 0 Å². The van der Waals surface area contributed by atoms with Gasteiger partial charge in [0.2, 0.25) is 0 Å². The molecule has 2 N–H and O–H groups in total. The van der Waals surface area contributed by atoms with Crippen molar-refractivity contribution in [1.82, 2.24) is 0 Å². The first kappa shape index (κ1) is 8.97. The van der Waals surface area contributed by atoms with Gasteiger partial charge in [-0.25, -0.2) is 0 Å². The van der Waals surface area contributed by atoms with Crippen LogP contribution in [0.15, 0.2) is 0 Å². The molecule has 1 fully saturated rings. The molecule has 0 radical (unpaired) electrons. The average molecular weight is 160 g/mol. The summed E-state index contributed by atoms with van der Waals surface area (Å²) in [5, 5.41) is 18.8. The molecule has 1 saturated heterocycles. The lowest BCUT2D eigenvalue weighted by Crippen LogP contribution is -2.47.